The van der Waals surface area contributed by atoms with E-state index in [1.807, 2.05) is 0 Å². The molecule has 0 aliphatic carbocycles. The molecule has 0 radical (unpaired) electrons. The van der Waals surface area contributed by atoms with Gasteiger partial charge in [-0.3, -0.25) is 4.79 Å². The lowest BCUT2D eigenvalue weighted by atomic mass is 10.2. The summed E-state index contributed by atoms with van der Waals surface area (Å²) in [6.45, 7) is 7.21. The van der Waals surface area contributed by atoms with E-state index in [9.17, 15) is 4.79 Å². The first-order valence-corrected chi connectivity index (χ1v) is 6.32. The second-order valence-corrected chi connectivity index (χ2v) is 4.37. The van der Waals surface area contributed by atoms with Crippen LogP contribution in [0.3, 0.4) is 0 Å². The molecule has 0 saturated carbocycles. The number of ether oxygens (including phenoxy) is 1. The molecule has 2 heterocycles. The highest BCUT2D eigenvalue weighted by molar-refractivity contribution is 6.29. The molecular weight excluding hydrogens is 292 g/mol. The van der Waals surface area contributed by atoms with Crippen LogP contribution >= 0.6 is 11.6 Å². The molecule has 2 aromatic rings. The van der Waals surface area contributed by atoms with E-state index in [-0.39, 0.29) is 11.3 Å². The van der Waals surface area contributed by atoms with Gasteiger partial charge in [-0.1, -0.05) is 30.8 Å². The predicted molar refractivity (Wildman–Crippen MR) is 81.1 cm³/mol. The Morgan fingerprint density at radius 1 is 1.52 bits per heavy atom. The van der Waals surface area contributed by atoms with Gasteiger partial charge in [0.2, 0.25) is 0 Å². The number of fused-ring (bicyclic) bond motifs is 1. The molecule has 0 bridgehead atoms. The largest absolute Gasteiger partial charge is 0.497 e. The average Bonchev–Trinajstić information content (AvgIpc) is 2.84. The summed E-state index contributed by atoms with van der Waals surface area (Å²) >= 11 is 5.79. The van der Waals surface area contributed by atoms with Crippen LogP contribution in [0, 0.1) is 0 Å². The van der Waals surface area contributed by atoms with Crippen LogP contribution in [0.4, 0.5) is 5.82 Å². The number of halogens is 1. The van der Waals surface area contributed by atoms with Gasteiger partial charge in [0.15, 0.2) is 11.5 Å². The summed E-state index contributed by atoms with van der Waals surface area (Å²) in [7, 11) is 1.43. The number of hydrogen-bond acceptors (Lipinski definition) is 4. The van der Waals surface area contributed by atoms with Crippen LogP contribution in [0.15, 0.2) is 55.0 Å². The second-order valence-electron chi connectivity index (χ2n) is 3.98. The standard InChI is InChI=1S/C14H13ClN4O2/c1-4-5-10(9(2)21-3)14(20)17-12-8-19-13(16-12)7-6-11(15)18-19/h4-8H,1-2H2,3H3,(H,17,20)/b10-5+. The van der Waals surface area contributed by atoms with Crippen LogP contribution in [0.5, 0.6) is 0 Å². The van der Waals surface area contributed by atoms with Crippen molar-refractivity contribution in [2.24, 2.45) is 0 Å². The quantitative estimate of drug-likeness (QED) is 0.524. The zero-order valence-corrected chi connectivity index (χ0v) is 12.1. The normalized spacial score (nSPS) is 11.2. The van der Waals surface area contributed by atoms with Crippen LogP contribution < -0.4 is 5.32 Å². The van der Waals surface area contributed by atoms with Crippen LogP contribution in [0.2, 0.25) is 5.15 Å². The van der Waals surface area contributed by atoms with Gasteiger partial charge in [-0.05, 0) is 18.2 Å². The smallest absolute Gasteiger partial charge is 0.260 e. The summed E-state index contributed by atoms with van der Waals surface area (Å²) in [5.74, 6) is 0.169. The molecule has 7 heteroatoms. The lowest BCUT2D eigenvalue weighted by molar-refractivity contribution is -0.112. The minimum Gasteiger partial charge on any atom is -0.497 e. The summed E-state index contributed by atoms with van der Waals surface area (Å²) in [5, 5.41) is 7.00. The number of methoxy groups -OCH3 is 1. The Morgan fingerprint density at radius 3 is 2.95 bits per heavy atom. The molecule has 2 rings (SSSR count). The van der Waals surface area contributed by atoms with Crippen molar-refractivity contribution >= 4 is 29.0 Å². The van der Waals surface area contributed by atoms with E-state index in [1.54, 1.807) is 18.3 Å². The number of nitrogens with zero attached hydrogens (tertiary/aromatic N) is 3. The third kappa shape index (κ3) is 3.29. The van der Waals surface area contributed by atoms with E-state index in [1.165, 1.54) is 23.8 Å². The minimum atomic E-state index is -0.406. The fourth-order valence-electron chi connectivity index (χ4n) is 1.63. The first kappa shape index (κ1) is 14.8. The molecule has 0 spiro atoms. The zero-order chi connectivity index (χ0) is 15.4. The highest BCUT2D eigenvalue weighted by Gasteiger charge is 2.15. The van der Waals surface area contributed by atoms with Gasteiger partial charge in [0.05, 0.1) is 18.9 Å². The Labute approximate surface area is 126 Å². The van der Waals surface area contributed by atoms with Gasteiger partial charge in [0.25, 0.3) is 5.91 Å². The number of allylic oxidation sites excluding steroid dienone is 2. The van der Waals surface area contributed by atoms with E-state index in [0.29, 0.717) is 16.6 Å². The highest BCUT2D eigenvalue weighted by Crippen LogP contribution is 2.15. The van der Waals surface area contributed by atoms with Crippen molar-refractivity contribution in [1.29, 1.82) is 0 Å². The molecule has 0 aromatic carbocycles. The summed E-state index contributed by atoms with van der Waals surface area (Å²) in [6.07, 6.45) is 4.54. The van der Waals surface area contributed by atoms with E-state index in [0.717, 1.165) is 0 Å². The lowest BCUT2D eigenvalue weighted by Gasteiger charge is -2.08. The van der Waals surface area contributed by atoms with Crippen LogP contribution in [-0.4, -0.2) is 27.6 Å². The molecule has 0 unspecified atom stereocenters. The van der Waals surface area contributed by atoms with Crippen LogP contribution in [0.1, 0.15) is 0 Å². The maximum absolute atomic E-state index is 12.2. The Kier molecular flexibility index (Phi) is 4.39. The highest BCUT2D eigenvalue weighted by atomic mass is 35.5. The SMILES string of the molecule is C=C/C=C(\C(=C)OC)C(=O)Nc1cn2nc(Cl)ccc2n1. The Morgan fingerprint density at radius 2 is 2.29 bits per heavy atom. The lowest BCUT2D eigenvalue weighted by Crippen LogP contribution is -2.16. The Hall–Kier alpha value is -2.60. The molecule has 0 aliphatic rings. The van der Waals surface area contributed by atoms with Crippen molar-refractivity contribution in [3.05, 3.63) is 60.1 Å². The number of imidazole rings is 1. The third-order valence-electron chi connectivity index (χ3n) is 2.61. The Bertz CT molecular complexity index is 749. The van der Waals surface area contributed by atoms with Crippen LogP contribution in [0.25, 0.3) is 5.65 Å². The third-order valence-corrected chi connectivity index (χ3v) is 2.81. The van der Waals surface area contributed by atoms with Gasteiger partial charge in [0, 0.05) is 0 Å². The van der Waals surface area contributed by atoms with E-state index < -0.39 is 5.91 Å². The van der Waals surface area contributed by atoms with Crippen molar-refractivity contribution in [3.8, 4) is 0 Å². The van der Waals surface area contributed by atoms with Gasteiger partial charge < -0.3 is 10.1 Å². The number of anilines is 1. The maximum atomic E-state index is 12.2. The summed E-state index contributed by atoms with van der Waals surface area (Å²) in [4.78, 5) is 16.4. The molecule has 21 heavy (non-hydrogen) atoms. The molecule has 2 aromatic heterocycles. The van der Waals surface area contributed by atoms with Gasteiger partial charge in [-0.25, -0.2) is 9.50 Å². The molecule has 0 atom stereocenters. The molecule has 0 aliphatic heterocycles. The molecule has 108 valence electrons. The summed E-state index contributed by atoms with van der Waals surface area (Å²) in [6, 6.07) is 3.31. The predicted octanol–water partition coefficient (Wildman–Crippen LogP) is 2.59. The molecule has 0 saturated heterocycles. The summed E-state index contributed by atoms with van der Waals surface area (Å²) in [5.41, 5.74) is 0.824. The number of carbonyl (C=O) groups is 1. The van der Waals surface area contributed by atoms with Crippen molar-refractivity contribution in [2.45, 2.75) is 0 Å². The number of carbonyl (C=O) groups excluding carboxylic acids is 1. The molecule has 6 nitrogen and oxygen atoms in total. The van der Waals surface area contributed by atoms with Gasteiger partial charge in [-0.2, -0.15) is 5.10 Å². The fraction of sp³-hybridized carbons (Fsp3) is 0.0714. The average molecular weight is 305 g/mol. The van der Waals surface area contributed by atoms with Gasteiger partial charge >= 0.3 is 0 Å². The van der Waals surface area contributed by atoms with E-state index in [4.69, 9.17) is 16.3 Å². The van der Waals surface area contributed by atoms with E-state index >= 15 is 0 Å². The molecule has 0 fully saturated rings. The van der Waals surface area contributed by atoms with Crippen LogP contribution in [-0.2, 0) is 9.53 Å². The fourth-order valence-corrected chi connectivity index (χ4v) is 1.77. The number of rotatable bonds is 5. The van der Waals surface area contributed by atoms with E-state index in [2.05, 4.69) is 28.6 Å². The second kappa shape index (κ2) is 6.23. The first-order chi connectivity index (χ1) is 10.0. The van der Waals surface area contributed by atoms with Gasteiger partial charge in [0.1, 0.15) is 10.9 Å². The zero-order valence-electron chi connectivity index (χ0n) is 11.3. The number of nitrogens with one attached hydrogen (secondary N) is 1. The van der Waals surface area contributed by atoms with Crippen molar-refractivity contribution < 1.29 is 9.53 Å². The number of amides is 1. The number of hydrogen-bond donors (Lipinski definition) is 1. The maximum Gasteiger partial charge on any atom is 0.260 e. The topological polar surface area (TPSA) is 68.5 Å². The summed E-state index contributed by atoms with van der Waals surface area (Å²) < 4.78 is 6.44. The number of aromatic nitrogens is 3. The molecular formula is C14H13ClN4O2. The monoisotopic (exact) mass is 304 g/mol. The van der Waals surface area contributed by atoms with Crippen molar-refractivity contribution in [1.82, 2.24) is 14.6 Å². The van der Waals surface area contributed by atoms with Crippen molar-refractivity contribution in [2.75, 3.05) is 12.4 Å². The van der Waals surface area contributed by atoms with Crippen molar-refractivity contribution in [3.63, 3.8) is 0 Å². The Balaban J connectivity index is 2.26. The van der Waals surface area contributed by atoms with Gasteiger partial charge in [-0.15, -0.1) is 0 Å². The molecule has 1 N–H and O–H groups in total. The molecule has 1 amide bonds. The minimum absolute atomic E-state index is 0.234. The first-order valence-electron chi connectivity index (χ1n) is 5.94.